The zero-order chi connectivity index (χ0) is 24.1. The van der Waals surface area contributed by atoms with Gasteiger partial charge in [-0.25, -0.2) is 0 Å². The van der Waals surface area contributed by atoms with Gasteiger partial charge in [0.1, 0.15) is 11.9 Å². The highest BCUT2D eigenvalue weighted by Crippen LogP contribution is 2.45. The van der Waals surface area contributed by atoms with Crippen LogP contribution in [0.25, 0.3) is 11.6 Å². The van der Waals surface area contributed by atoms with Crippen LogP contribution in [0.3, 0.4) is 0 Å². The van der Waals surface area contributed by atoms with Gasteiger partial charge in [0.05, 0.1) is 0 Å². The highest BCUT2D eigenvalue weighted by molar-refractivity contribution is 5.82. The third-order valence-corrected chi connectivity index (χ3v) is 6.26. The normalized spacial score (nSPS) is 14.9. The second kappa shape index (κ2) is 10.0. The van der Waals surface area contributed by atoms with Crippen molar-refractivity contribution < 1.29 is 9.90 Å². The van der Waals surface area contributed by atoms with Crippen molar-refractivity contribution in [2.24, 2.45) is 0 Å². The number of fused-ring (bicyclic) bond motifs is 1. The fraction of sp³-hybridized carbons (Fsp3) is 0.241. The minimum absolute atomic E-state index is 0.176. The van der Waals surface area contributed by atoms with Crippen LogP contribution < -0.4 is 5.56 Å². The Balaban J connectivity index is 2.01. The number of benzene rings is 2. The Morgan fingerprint density at radius 1 is 1.12 bits per heavy atom. The Kier molecular flexibility index (Phi) is 6.93. The number of hydrogen-bond acceptors (Lipinski definition) is 4. The van der Waals surface area contributed by atoms with E-state index in [0.717, 1.165) is 23.0 Å². The van der Waals surface area contributed by atoms with E-state index in [1.807, 2.05) is 79.7 Å². The molecule has 2 unspecified atom stereocenters. The van der Waals surface area contributed by atoms with Gasteiger partial charge < -0.3 is 19.8 Å². The first-order valence-electron chi connectivity index (χ1n) is 11.3. The minimum Gasteiger partial charge on any atom is -0.383 e. The van der Waals surface area contributed by atoms with Gasteiger partial charge in [-0.1, -0.05) is 66.1 Å². The first-order chi connectivity index (χ1) is 16.4. The van der Waals surface area contributed by atoms with E-state index in [2.05, 4.69) is 16.4 Å². The maximum atomic E-state index is 13.2. The number of nitrogens with one attached hydrogen (secondary N) is 1. The van der Waals surface area contributed by atoms with Crippen molar-refractivity contribution >= 4 is 17.9 Å². The summed E-state index contributed by atoms with van der Waals surface area (Å²) in [5, 5.41) is 12.6. The second-order valence-corrected chi connectivity index (χ2v) is 8.86. The smallest absolute Gasteiger partial charge is 0.251 e. The van der Waals surface area contributed by atoms with Crippen molar-refractivity contribution in [1.29, 1.82) is 0 Å². The molecule has 0 fully saturated rings. The number of aldehydes is 1. The topological polar surface area (TPSA) is 73.4 Å². The van der Waals surface area contributed by atoms with Crippen molar-refractivity contribution in [1.82, 2.24) is 9.88 Å². The lowest BCUT2D eigenvalue weighted by Gasteiger charge is -2.39. The summed E-state index contributed by atoms with van der Waals surface area (Å²) < 4.78 is 0. The highest BCUT2D eigenvalue weighted by atomic mass is 16.3. The molecule has 2 aromatic carbocycles. The molecule has 0 spiro atoms. The lowest BCUT2D eigenvalue weighted by Crippen LogP contribution is -2.43. The molecule has 1 aliphatic rings. The average molecular weight is 453 g/mol. The van der Waals surface area contributed by atoms with Gasteiger partial charge >= 0.3 is 0 Å². The van der Waals surface area contributed by atoms with E-state index < -0.39 is 11.5 Å². The summed E-state index contributed by atoms with van der Waals surface area (Å²) in [6, 6.07) is 19.1. The molecule has 0 amide bonds. The number of nitrogens with zero attached hydrogens (tertiary/aromatic N) is 1. The van der Waals surface area contributed by atoms with Crippen LogP contribution in [-0.2, 0) is 11.2 Å². The number of H-pyrrole nitrogens is 1. The quantitative estimate of drug-likeness (QED) is 0.383. The van der Waals surface area contributed by atoms with Crippen molar-refractivity contribution in [3.8, 4) is 0 Å². The van der Waals surface area contributed by atoms with Gasteiger partial charge in [0.25, 0.3) is 5.56 Å². The van der Waals surface area contributed by atoms with Crippen molar-refractivity contribution in [3.63, 3.8) is 0 Å². The summed E-state index contributed by atoms with van der Waals surface area (Å²) >= 11 is 0. The molecule has 0 radical (unpaired) electrons. The molecule has 2 atom stereocenters. The maximum Gasteiger partial charge on any atom is 0.251 e. The van der Waals surface area contributed by atoms with E-state index in [0.29, 0.717) is 29.7 Å². The average Bonchev–Trinajstić information content (AvgIpc) is 2.85. The van der Waals surface area contributed by atoms with Crippen molar-refractivity contribution in [3.05, 3.63) is 116 Å². The van der Waals surface area contributed by atoms with Crippen LogP contribution in [0.4, 0.5) is 0 Å². The number of aromatic nitrogens is 1. The summed E-state index contributed by atoms with van der Waals surface area (Å²) in [6.07, 6.45) is 4.74. The summed E-state index contributed by atoms with van der Waals surface area (Å²) in [5.41, 5.74) is 8.80. The van der Waals surface area contributed by atoms with Crippen LogP contribution in [0.2, 0.25) is 0 Å². The van der Waals surface area contributed by atoms with Gasteiger partial charge in [-0.15, -0.1) is 0 Å². The molecule has 1 aromatic heterocycles. The van der Waals surface area contributed by atoms with E-state index in [1.165, 1.54) is 0 Å². The SMILES string of the molecule is CN(C)CCC(O)(C1=C=C=Cc2ccccc21)C(c1ccccc1)c1cc(CC=O)c[nH]c1=O. The molecule has 1 aliphatic carbocycles. The molecule has 3 aromatic rings. The van der Waals surface area contributed by atoms with Crippen LogP contribution in [0, 0.1) is 0 Å². The zero-order valence-electron chi connectivity index (χ0n) is 19.4. The number of carbonyl (C=O) groups excluding carboxylic acids is 1. The number of aromatic amines is 1. The zero-order valence-corrected chi connectivity index (χ0v) is 19.4. The van der Waals surface area contributed by atoms with Crippen LogP contribution in [-0.4, -0.2) is 47.5 Å². The summed E-state index contributed by atoms with van der Waals surface area (Å²) in [4.78, 5) is 29.2. The van der Waals surface area contributed by atoms with Gasteiger partial charge in [0.2, 0.25) is 0 Å². The maximum absolute atomic E-state index is 13.2. The molecule has 34 heavy (non-hydrogen) atoms. The van der Waals surface area contributed by atoms with E-state index in [-0.39, 0.29) is 12.0 Å². The Morgan fingerprint density at radius 2 is 1.85 bits per heavy atom. The predicted octanol–water partition coefficient (Wildman–Crippen LogP) is 3.80. The fourth-order valence-corrected chi connectivity index (χ4v) is 4.59. The van der Waals surface area contributed by atoms with Gasteiger partial charge in [-0.05, 0) is 54.9 Å². The number of aliphatic hydroxyl groups is 1. The van der Waals surface area contributed by atoms with Crippen LogP contribution in [0.5, 0.6) is 0 Å². The number of hydrogen-bond donors (Lipinski definition) is 2. The Bertz CT molecular complexity index is 1340. The molecule has 4 rings (SSSR count). The monoisotopic (exact) mass is 452 g/mol. The molecule has 0 saturated heterocycles. The molecule has 5 heteroatoms. The van der Waals surface area contributed by atoms with Crippen LogP contribution in [0.1, 0.15) is 40.2 Å². The second-order valence-electron chi connectivity index (χ2n) is 8.86. The lowest BCUT2D eigenvalue weighted by atomic mass is 9.69. The van der Waals surface area contributed by atoms with Gasteiger partial charge in [0.15, 0.2) is 0 Å². The van der Waals surface area contributed by atoms with E-state index in [4.69, 9.17) is 0 Å². The minimum atomic E-state index is -1.48. The van der Waals surface area contributed by atoms with E-state index >= 15 is 0 Å². The summed E-state index contributed by atoms with van der Waals surface area (Å²) in [6.45, 7) is 0.586. The Labute approximate surface area is 199 Å². The van der Waals surface area contributed by atoms with Gasteiger partial charge in [-0.2, -0.15) is 0 Å². The van der Waals surface area contributed by atoms with Crippen LogP contribution >= 0.6 is 0 Å². The lowest BCUT2D eigenvalue weighted by molar-refractivity contribution is -0.107. The van der Waals surface area contributed by atoms with Crippen LogP contribution in [0.15, 0.2) is 83.1 Å². The highest BCUT2D eigenvalue weighted by Gasteiger charge is 2.44. The van der Waals surface area contributed by atoms with E-state index in [1.54, 1.807) is 12.3 Å². The van der Waals surface area contributed by atoms with Crippen molar-refractivity contribution in [2.45, 2.75) is 24.4 Å². The standard InChI is InChI=1S/C29H28N2O3/c1-31(2)17-16-29(34,26-14-8-12-22-9-6-7-13-24(22)26)27(23-10-4-3-5-11-23)25-19-21(15-18-32)20-30-28(25)33/h3-7,9-13,18-20,27,34H,15-17H2,1-2H3,(H,30,33). The van der Waals surface area contributed by atoms with Gasteiger partial charge in [-0.3, -0.25) is 4.79 Å². The number of carbonyl (C=O) groups is 1. The largest absolute Gasteiger partial charge is 0.383 e. The third kappa shape index (κ3) is 4.65. The molecule has 0 aliphatic heterocycles. The van der Waals surface area contributed by atoms with Crippen molar-refractivity contribution in [2.75, 3.05) is 20.6 Å². The predicted molar refractivity (Wildman–Crippen MR) is 135 cm³/mol. The molecule has 0 saturated carbocycles. The summed E-state index contributed by atoms with van der Waals surface area (Å²) in [5.74, 6) is -0.695. The Hall–Kier alpha value is -3.72. The molecular formula is C29H28N2O3. The summed E-state index contributed by atoms with van der Waals surface area (Å²) in [7, 11) is 3.91. The molecular weight excluding hydrogens is 424 g/mol. The molecule has 172 valence electrons. The number of pyridine rings is 1. The molecule has 1 heterocycles. The Morgan fingerprint density at radius 3 is 2.59 bits per heavy atom. The number of rotatable bonds is 9. The van der Waals surface area contributed by atoms with Gasteiger partial charge in [0, 0.05) is 36.2 Å². The first-order valence-corrected chi connectivity index (χ1v) is 11.3. The molecule has 5 nitrogen and oxygen atoms in total. The fourth-order valence-electron chi connectivity index (χ4n) is 4.59. The first kappa shape index (κ1) is 23.4. The van der Waals surface area contributed by atoms with E-state index in [9.17, 15) is 14.7 Å². The third-order valence-electron chi connectivity index (χ3n) is 6.26. The molecule has 2 N–H and O–H groups in total. The molecule has 0 bridgehead atoms.